The number of benzene rings is 1. The molecule has 1 aromatic carbocycles. The lowest BCUT2D eigenvalue weighted by molar-refractivity contribution is 0.289. The van der Waals surface area contributed by atoms with Crippen LogP contribution in [0.2, 0.25) is 0 Å². The van der Waals surface area contributed by atoms with Gasteiger partial charge in [0.05, 0.1) is 5.69 Å². The van der Waals surface area contributed by atoms with E-state index in [1.54, 1.807) is 18.2 Å². The van der Waals surface area contributed by atoms with Crippen LogP contribution in [0, 0.1) is 0 Å². The molecule has 1 aromatic rings. The first-order valence-electron chi connectivity index (χ1n) is 7.09. The van der Waals surface area contributed by atoms with Crippen LogP contribution in [0.4, 0.5) is 5.69 Å². The van der Waals surface area contributed by atoms with Crippen LogP contribution < -0.4 is 10.0 Å². The molecule has 0 aromatic heterocycles. The minimum absolute atomic E-state index is 0.303. The average molecular weight is 297 g/mol. The van der Waals surface area contributed by atoms with Crippen LogP contribution in [0.5, 0.6) is 0 Å². The van der Waals surface area contributed by atoms with E-state index in [2.05, 4.69) is 21.9 Å². The molecule has 0 unspecified atom stereocenters. The van der Waals surface area contributed by atoms with E-state index in [9.17, 15) is 8.42 Å². The number of hydrogen-bond donors (Lipinski definition) is 2. The number of para-hydroxylation sites is 1. The largest absolute Gasteiger partial charge is 0.383 e. The molecule has 6 heteroatoms. The summed E-state index contributed by atoms with van der Waals surface area (Å²) in [7, 11) is -1.99. The third-order valence-electron chi connectivity index (χ3n) is 3.63. The zero-order chi connectivity index (χ0) is 14.6. The number of rotatable bonds is 8. The Morgan fingerprint density at radius 3 is 2.60 bits per heavy atom. The summed E-state index contributed by atoms with van der Waals surface area (Å²) in [4.78, 5) is 2.74. The molecule has 0 atom stereocenters. The Balaban J connectivity index is 1.99. The van der Waals surface area contributed by atoms with Gasteiger partial charge in [-0.15, -0.1) is 0 Å². The van der Waals surface area contributed by atoms with Crippen LogP contribution >= 0.6 is 0 Å². The van der Waals surface area contributed by atoms with Gasteiger partial charge in [-0.2, -0.15) is 0 Å². The Hall–Kier alpha value is -1.11. The minimum atomic E-state index is -3.42. The maximum atomic E-state index is 11.9. The highest BCUT2D eigenvalue weighted by atomic mass is 32.2. The van der Waals surface area contributed by atoms with Crippen molar-refractivity contribution in [2.75, 3.05) is 32.0 Å². The molecule has 0 bridgehead atoms. The summed E-state index contributed by atoms with van der Waals surface area (Å²) >= 11 is 0. The van der Waals surface area contributed by atoms with Gasteiger partial charge in [0.15, 0.2) is 0 Å². The molecule has 1 aliphatic rings. The lowest BCUT2D eigenvalue weighted by atomic mass is 10.3. The molecule has 0 heterocycles. The summed E-state index contributed by atoms with van der Waals surface area (Å²) in [6.07, 6.45) is 2.58. The lowest BCUT2D eigenvalue weighted by Gasteiger charge is -2.20. The first-order valence-corrected chi connectivity index (χ1v) is 8.57. The maximum absolute atomic E-state index is 11.9. The molecule has 0 saturated heterocycles. The van der Waals surface area contributed by atoms with Crippen molar-refractivity contribution in [3.05, 3.63) is 24.3 Å². The van der Waals surface area contributed by atoms with Gasteiger partial charge in [-0.3, -0.25) is 4.90 Å². The zero-order valence-electron chi connectivity index (χ0n) is 12.1. The summed E-state index contributed by atoms with van der Waals surface area (Å²) in [5, 5.41) is 3.24. The second-order valence-electron chi connectivity index (χ2n) is 4.99. The monoisotopic (exact) mass is 297 g/mol. The van der Waals surface area contributed by atoms with E-state index in [4.69, 9.17) is 0 Å². The van der Waals surface area contributed by atoms with Crippen molar-refractivity contribution in [1.82, 2.24) is 9.62 Å². The third kappa shape index (κ3) is 3.71. The van der Waals surface area contributed by atoms with Gasteiger partial charge in [-0.25, -0.2) is 13.1 Å². The van der Waals surface area contributed by atoms with Crippen LogP contribution in [0.25, 0.3) is 0 Å². The molecule has 20 heavy (non-hydrogen) atoms. The van der Waals surface area contributed by atoms with Crippen molar-refractivity contribution < 1.29 is 8.42 Å². The second kappa shape index (κ2) is 6.56. The Morgan fingerprint density at radius 2 is 2.00 bits per heavy atom. The lowest BCUT2D eigenvalue weighted by Crippen LogP contribution is -2.31. The van der Waals surface area contributed by atoms with E-state index >= 15 is 0 Å². The van der Waals surface area contributed by atoms with Crippen LogP contribution in [-0.4, -0.2) is 46.0 Å². The van der Waals surface area contributed by atoms with E-state index in [1.807, 2.05) is 6.07 Å². The Morgan fingerprint density at radius 1 is 1.30 bits per heavy atom. The maximum Gasteiger partial charge on any atom is 0.242 e. The molecule has 1 fully saturated rings. The third-order valence-corrected chi connectivity index (χ3v) is 5.10. The summed E-state index contributed by atoms with van der Waals surface area (Å²) in [6.45, 7) is 4.90. The van der Waals surface area contributed by atoms with E-state index in [0.29, 0.717) is 10.6 Å². The molecule has 0 spiro atoms. The minimum Gasteiger partial charge on any atom is -0.383 e. The van der Waals surface area contributed by atoms with Crippen molar-refractivity contribution in [2.24, 2.45) is 0 Å². The van der Waals surface area contributed by atoms with Gasteiger partial charge in [0.1, 0.15) is 4.90 Å². The predicted octanol–water partition coefficient (Wildman–Crippen LogP) is 1.49. The summed E-state index contributed by atoms with van der Waals surface area (Å²) in [5.41, 5.74) is 0.661. The molecule has 0 radical (unpaired) electrons. The van der Waals surface area contributed by atoms with Crippen LogP contribution in [-0.2, 0) is 10.0 Å². The van der Waals surface area contributed by atoms with Crippen LogP contribution in [0.1, 0.15) is 19.8 Å². The fourth-order valence-electron chi connectivity index (χ4n) is 2.33. The van der Waals surface area contributed by atoms with Gasteiger partial charge in [0.2, 0.25) is 10.0 Å². The van der Waals surface area contributed by atoms with E-state index < -0.39 is 10.0 Å². The molecular formula is C14H23N3O2S. The Labute approximate surface area is 121 Å². The van der Waals surface area contributed by atoms with Gasteiger partial charge in [0.25, 0.3) is 0 Å². The molecule has 112 valence electrons. The zero-order valence-corrected chi connectivity index (χ0v) is 12.9. The number of likely N-dealkylation sites (N-methyl/N-ethyl adjacent to an activating group) is 1. The molecule has 5 nitrogen and oxygen atoms in total. The fourth-order valence-corrected chi connectivity index (χ4v) is 3.24. The van der Waals surface area contributed by atoms with Crippen molar-refractivity contribution in [3.63, 3.8) is 0 Å². The molecule has 2 rings (SSSR count). The standard InChI is InChI=1S/C14H23N3O2S/c1-3-17(12-8-9-12)11-10-16-13-6-4-5-7-14(13)20(18,19)15-2/h4-7,12,15-16H,3,8-11H2,1-2H3. The van der Waals surface area contributed by atoms with Crippen LogP contribution in [0.15, 0.2) is 29.2 Å². The first kappa shape index (κ1) is 15.3. The predicted molar refractivity (Wildman–Crippen MR) is 81.4 cm³/mol. The highest BCUT2D eigenvalue weighted by molar-refractivity contribution is 7.89. The molecule has 0 aliphatic heterocycles. The molecule has 1 saturated carbocycles. The highest BCUT2D eigenvalue weighted by Gasteiger charge is 2.27. The average Bonchev–Trinajstić information content (AvgIpc) is 3.28. The van der Waals surface area contributed by atoms with Gasteiger partial charge >= 0.3 is 0 Å². The number of hydrogen-bond acceptors (Lipinski definition) is 4. The van der Waals surface area contributed by atoms with Crippen LogP contribution in [0.3, 0.4) is 0 Å². The normalized spacial score (nSPS) is 15.6. The van der Waals surface area contributed by atoms with E-state index in [1.165, 1.54) is 19.9 Å². The molecule has 1 aliphatic carbocycles. The van der Waals surface area contributed by atoms with Crippen molar-refractivity contribution in [1.29, 1.82) is 0 Å². The summed E-state index contributed by atoms with van der Waals surface area (Å²) < 4.78 is 26.2. The Kier molecular flexibility index (Phi) is 5.01. The number of anilines is 1. The van der Waals surface area contributed by atoms with Gasteiger partial charge < -0.3 is 5.32 Å². The quantitative estimate of drug-likeness (QED) is 0.763. The summed E-state index contributed by atoms with van der Waals surface area (Å²) in [5.74, 6) is 0. The molecular weight excluding hydrogens is 274 g/mol. The van der Waals surface area contributed by atoms with Crippen molar-refractivity contribution in [2.45, 2.75) is 30.7 Å². The topological polar surface area (TPSA) is 61.4 Å². The SMILES string of the molecule is CCN(CCNc1ccccc1S(=O)(=O)NC)C1CC1. The van der Waals surface area contributed by atoms with E-state index in [0.717, 1.165) is 25.7 Å². The van der Waals surface area contributed by atoms with Gasteiger partial charge in [-0.05, 0) is 38.6 Å². The first-order chi connectivity index (χ1) is 9.58. The van der Waals surface area contributed by atoms with E-state index in [-0.39, 0.29) is 0 Å². The van der Waals surface area contributed by atoms with Gasteiger partial charge in [0, 0.05) is 19.1 Å². The molecule has 2 N–H and O–H groups in total. The number of nitrogens with zero attached hydrogens (tertiary/aromatic N) is 1. The molecule has 0 amide bonds. The number of nitrogens with one attached hydrogen (secondary N) is 2. The second-order valence-corrected chi connectivity index (χ2v) is 6.85. The van der Waals surface area contributed by atoms with Gasteiger partial charge in [-0.1, -0.05) is 19.1 Å². The van der Waals surface area contributed by atoms with Crippen molar-refractivity contribution >= 4 is 15.7 Å². The van der Waals surface area contributed by atoms with Crippen molar-refractivity contribution in [3.8, 4) is 0 Å². The summed E-state index contributed by atoms with van der Waals surface area (Å²) in [6, 6.07) is 7.73. The fraction of sp³-hybridized carbons (Fsp3) is 0.571. The highest BCUT2D eigenvalue weighted by Crippen LogP contribution is 2.26. The smallest absolute Gasteiger partial charge is 0.242 e. The Bertz CT molecular complexity index is 541. The number of sulfonamides is 1.